The van der Waals surface area contributed by atoms with Crippen molar-refractivity contribution < 1.29 is 9.18 Å². The second-order valence-electron chi connectivity index (χ2n) is 4.43. The molecule has 0 saturated heterocycles. The van der Waals surface area contributed by atoms with E-state index in [4.69, 9.17) is 5.73 Å². The first kappa shape index (κ1) is 12.2. The van der Waals surface area contributed by atoms with Gasteiger partial charge in [-0.3, -0.25) is 4.79 Å². The molecular weight excluding hydrogens is 257 g/mol. The van der Waals surface area contributed by atoms with Crippen LogP contribution >= 0.6 is 0 Å². The van der Waals surface area contributed by atoms with Gasteiger partial charge in [0.1, 0.15) is 5.82 Å². The number of nitrogen functional groups attached to an aromatic ring is 1. The lowest BCUT2D eigenvalue weighted by atomic mass is 10.1. The summed E-state index contributed by atoms with van der Waals surface area (Å²) >= 11 is 0. The molecule has 0 unspecified atom stereocenters. The van der Waals surface area contributed by atoms with E-state index in [1.54, 1.807) is 6.20 Å². The lowest BCUT2D eigenvalue weighted by Gasteiger charge is -2.07. The van der Waals surface area contributed by atoms with Crippen LogP contribution in [0.25, 0.3) is 10.9 Å². The summed E-state index contributed by atoms with van der Waals surface area (Å²) in [6, 6.07) is 11.4. The molecule has 0 radical (unpaired) electrons. The van der Waals surface area contributed by atoms with E-state index in [-0.39, 0.29) is 11.6 Å². The SMILES string of the molecule is Nc1cc(F)ccc1NC(=O)c1c[nH]c2ccccc12. The molecule has 0 fully saturated rings. The lowest BCUT2D eigenvalue weighted by Crippen LogP contribution is -2.12. The van der Waals surface area contributed by atoms with Gasteiger partial charge in [-0.25, -0.2) is 4.39 Å². The van der Waals surface area contributed by atoms with Crippen LogP contribution in [-0.2, 0) is 0 Å². The number of fused-ring (bicyclic) bond motifs is 1. The summed E-state index contributed by atoms with van der Waals surface area (Å²) in [5, 5.41) is 3.51. The first-order chi connectivity index (χ1) is 9.65. The highest BCUT2D eigenvalue weighted by molar-refractivity contribution is 6.13. The number of hydrogen-bond acceptors (Lipinski definition) is 2. The molecular formula is C15H12FN3O. The minimum absolute atomic E-state index is 0.193. The molecule has 3 rings (SSSR count). The fourth-order valence-corrected chi connectivity index (χ4v) is 2.10. The molecule has 0 atom stereocenters. The minimum Gasteiger partial charge on any atom is -0.397 e. The average molecular weight is 269 g/mol. The van der Waals surface area contributed by atoms with Crippen LogP contribution in [0.2, 0.25) is 0 Å². The maximum atomic E-state index is 13.0. The number of halogens is 1. The maximum Gasteiger partial charge on any atom is 0.257 e. The van der Waals surface area contributed by atoms with Crippen LogP contribution in [0.3, 0.4) is 0 Å². The van der Waals surface area contributed by atoms with E-state index < -0.39 is 5.82 Å². The van der Waals surface area contributed by atoms with Crippen molar-refractivity contribution in [2.24, 2.45) is 0 Å². The summed E-state index contributed by atoms with van der Waals surface area (Å²) in [5.41, 5.74) is 7.65. The Morgan fingerprint density at radius 1 is 1.20 bits per heavy atom. The number of aromatic nitrogens is 1. The van der Waals surface area contributed by atoms with Gasteiger partial charge in [-0.2, -0.15) is 0 Å². The molecule has 0 aliphatic heterocycles. The van der Waals surface area contributed by atoms with Crippen molar-refractivity contribution >= 4 is 28.2 Å². The first-order valence-electron chi connectivity index (χ1n) is 6.07. The highest BCUT2D eigenvalue weighted by Crippen LogP contribution is 2.22. The molecule has 1 aromatic heterocycles. The minimum atomic E-state index is -0.437. The molecule has 0 spiro atoms. The van der Waals surface area contributed by atoms with Gasteiger partial charge in [-0.1, -0.05) is 18.2 Å². The van der Waals surface area contributed by atoms with E-state index in [0.717, 1.165) is 10.9 Å². The normalized spacial score (nSPS) is 10.7. The summed E-state index contributed by atoms with van der Waals surface area (Å²) in [6.07, 6.45) is 1.64. The molecule has 0 bridgehead atoms. The Bertz CT molecular complexity index is 795. The van der Waals surface area contributed by atoms with Crippen LogP contribution < -0.4 is 11.1 Å². The number of H-pyrrole nitrogens is 1. The number of benzene rings is 2. The highest BCUT2D eigenvalue weighted by Gasteiger charge is 2.13. The number of nitrogens with one attached hydrogen (secondary N) is 2. The Morgan fingerprint density at radius 3 is 2.80 bits per heavy atom. The largest absolute Gasteiger partial charge is 0.397 e. The number of carbonyl (C=O) groups excluding carboxylic acids is 1. The molecule has 0 saturated carbocycles. The van der Waals surface area contributed by atoms with Gasteiger partial charge in [0.2, 0.25) is 0 Å². The van der Waals surface area contributed by atoms with Crippen molar-refractivity contribution in [2.75, 3.05) is 11.1 Å². The van der Waals surface area contributed by atoms with Crippen LogP contribution in [0.15, 0.2) is 48.7 Å². The van der Waals surface area contributed by atoms with Gasteiger partial charge in [0.15, 0.2) is 0 Å². The van der Waals surface area contributed by atoms with Gasteiger partial charge in [-0.15, -0.1) is 0 Å². The Kier molecular flexibility index (Phi) is 2.87. The van der Waals surface area contributed by atoms with E-state index in [1.165, 1.54) is 18.2 Å². The number of anilines is 2. The van der Waals surface area contributed by atoms with Gasteiger partial charge in [0.25, 0.3) is 5.91 Å². The molecule has 2 aromatic carbocycles. The fraction of sp³-hybridized carbons (Fsp3) is 0. The molecule has 0 aliphatic carbocycles. The Labute approximate surface area is 114 Å². The van der Waals surface area contributed by atoms with Crippen molar-refractivity contribution in [2.45, 2.75) is 0 Å². The molecule has 4 nitrogen and oxygen atoms in total. The first-order valence-corrected chi connectivity index (χ1v) is 6.07. The summed E-state index contributed by atoms with van der Waals surface area (Å²) < 4.78 is 13.0. The zero-order chi connectivity index (χ0) is 14.1. The quantitative estimate of drug-likeness (QED) is 0.625. The van der Waals surface area contributed by atoms with Gasteiger partial charge >= 0.3 is 0 Å². The molecule has 5 heteroatoms. The Morgan fingerprint density at radius 2 is 2.00 bits per heavy atom. The molecule has 1 heterocycles. The smallest absolute Gasteiger partial charge is 0.257 e. The molecule has 20 heavy (non-hydrogen) atoms. The van der Waals surface area contributed by atoms with Crippen molar-refractivity contribution in [3.05, 3.63) is 60.0 Å². The third-order valence-corrected chi connectivity index (χ3v) is 3.10. The van der Waals surface area contributed by atoms with Crippen molar-refractivity contribution in [3.8, 4) is 0 Å². The van der Waals surface area contributed by atoms with Crippen LogP contribution in [0.4, 0.5) is 15.8 Å². The van der Waals surface area contributed by atoms with Gasteiger partial charge in [-0.05, 0) is 24.3 Å². The number of para-hydroxylation sites is 1. The lowest BCUT2D eigenvalue weighted by molar-refractivity contribution is 0.102. The van der Waals surface area contributed by atoms with Crippen LogP contribution in [-0.4, -0.2) is 10.9 Å². The van der Waals surface area contributed by atoms with Gasteiger partial charge in [0.05, 0.1) is 16.9 Å². The summed E-state index contributed by atoms with van der Waals surface area (Å²) in [5.74, 6) is -0.728. The number of hydrogen-bond donors (Lipinski definition) is 3. The van der Waals surface area contributed by atoms with E-state index in [1.807, 2.05) is 24.3 Å². The molecule has 3 aromatic rings. The third kappa shape index (κ3) is 2.09. The van der Waals surface area contributed by atoms with Crippen LogP contribution in [0, 0.1) is 5.82 Å². The van der Waals surface area contributed by atoms with E-state index in [0.29, 0.717) is 11.3 Å². The van der Waals surface area contributed by atoms with Gasteiger partial charge < -0.3 is 16.0 Å². The van der Waals surface area contributed by atoms with E-state index in [2.05, 4.69) is 10.3 Å². The predicted octanol–water partition coefficient (Wildman–Crippen LogP) is 3.14. The molecule has 0 aliphatic rings. The third-order valence-electron chi connectivity index (χ3n) is 3.10. The van der Waals surface area contributed by atoms with E-state index in [9.17, 15) is 9.18 Å². The number of nitrogens with two attached hydrogens (primary N) is 1. The van der Waals surface area contributed by atoms with Crippen LogP contribution in [0.5, 0.6) is 0 Å². The van der Waals surface area contributed by atoms with Crippen LogP contribution in [0.1, 0.15) is 10.4 Å². The number of rotatable bonds is 2. The number of amides is 1. The van der Waals surface area contributed by atoms with Crippen molar-refractivity contribution in [1.29, 1.82) is 0 Å². The molecule has 4 N–H and O–H groups in total. The molecule has 1 amide bonds. The average Bonchev–Trinajstić information content (AvgIpc) is 2.86. The number of aromatic amines is 1. The zero-order valence-electron chi connectivity index (χ0n) is 10.5. The highest BCUT2D eigenvalue weighted by atomic mass is 19.1. The van der Waals surface area contributed by atoms with Crippen molar-refractivity contribution in [3.63, 3.8) is 0 Å². The van der Waals surface area contributed by atoms with Gasteiger partial charge in [0, 0.05) is 17.1 Å². The standard InChI is InChI=1S/C15H12FN3O/c16-9-5-6-14(12(17)7-9)19-15(20)11-8-18-13-4-2-1-3-10(11)13/h1-8,18H,17H2,(H,19,20). The number of carbonyl (C=O) groups is 1. The Hall–Kier alpha value is -2.82. The Balaban J connectivity index is 1.93. The summed E-state index contributed by atoms with van der Waals surface area (Å²) in [7, 11) is 0. The monoisotopic (exact) mass is 269 g/mol. The zero-order valence-corrected chi connectivity index (χ0v) is 10.5. The topological polar surface area (TPSA) is 70.9 Å². The summed E-state index contributed by atoms with van der Waals surface area (Å²) in [6.45, 7) is 0. The molecule has 100 valence electrons. The second kappa shape index (κ2) is 4.70. The predicted molar refractivity (Wildman–Crippen MR) is 77.1 cm³/mol. The maximum absolute atomic E-state index is 13.0. The van der Waals surface area contributed by atoms with E-state index >= 15 is 0 Å². The summed E-state index contributed by atoms with van der Waals surface area (Å²) in [4.78, 5) is 15.3. The van der Waals surface area contributed by atoms with Crippen molar-refractivity contribution in [1.82, 2.24) is 4.98 Å². The fourth-order valence-electron chi connectivity index (χ4n) is 2.10. The second-order valence-corrected chi connectivity index (χ2v) is 4.43.